The molecule has 7 N–H and O–H groups in total. The van der Waals surface area contributed by atoms with Crippen molar-refractivity contribution in [3.63, 3.8) is 0 Å². The topological polar surface area (TPSA) is 194 Å². The SMILES string of the molecule is CCC(Cc1c(O)cccc1OP(=O)(O)O)(c1cccc(O)c1)c1c(O)cccc1OP(=O)(O)O. The Bertz CT molecular complexity index is 1310. The molecule has 1 unspecified atom stereocenters. The van der Waals surface area contributed by atoms with Crippen LogP contribution in [0.2, 0.25) is 0 Å². The van der Waals surface area contributed by atoms with E-state index in [1.54, 1.807) is 13.0 Å². The van der Waals surface area contributed by atoms with Gasteiger partial charge in [0.15, 0.2) is 0 Å². The van der Waals surface area contributed by atoms with Crippen molar-refractivity contribution in [3.8, 4) is 28.7 Å². The molecule has 0 spiro atoms. The number of benzene rings is 3. The number of phenols is 3. The van der Waals surface area contributed by atoms with Gasteiger partial charge in [0.1, 0.15) is 28.7 Å². The summed E-state index contributed by atoms with van der Waals surface area (Å²) in [7, 11) is -10.1. The van der Waals surface area contributed by atoms with Crippen LogP contribution in [0.15, 0.2) is 60.7 Å². The van der Waals surface area contributed by atoms with E-state index in [2.05, 4.69) is 0 Å². The summed E-state index contributed by atoms with van der Waals surface area (Å²) in [6.07, 6.45) is -0.181. The van der Waals surface area contributed by atoms with Crippen molar-refractivity contribution in [2.75, 3.05) is 0 Å². The van der Waals surface area contributed by atoms with Gasteiger partial charge in [0.25, 0.3) is 0 Å². The summed E-state index contributed by atoms with van der Waals surface area (Å²) in [5, 5.41) is 31.7. The summed E-state index contributed by atoms with van der Waals surface area (Å²) in [5.74, 6) is -1.66. The van der Waals surface area contributed by atoms with Crippen LogP contribution in [0.3, 0.4) is 0 Å². The van der Waals surface area contributed by atoms with E-state index < -0.39 is 26.8 Å². The van der Waals surface area contributed by atoms with Crippen molar-refractivity contribution in [3.05, 3.63) is 77.4 Å². The summed E-state index contributed by atoms with van der Waals surface area (Å²) in [5.41, 5.74) is -1.24. The van der Waals surface area contributed by atoms with E-state index in [1.807, 2.05) is 0 Å². The van der Waals surface area contributed by atoms with Crippen molar-refractivity contribution in [2.45, 2.75) is 25.2 Å². The predicted molar refractivity (Wildman–Crippen MR) is 124 cm³/mol. The number of hydrogen-bond acceptors (Lipinski definition) is 7. The molecule has 11 nitrogen and oxygen atoms in total. The number of phosphoric acid groups is 2. The summed E-state index contributed by atoms with van der Waals surface area (Å²) < 4.78 is 32.9. The minimum absolute atomic E-state index is 0.0635. The van der Waals surface area contributed by atoms with Gasteiger partial charge >= 0.3 is 15.6 Å². The molecule has 0 bridgehead atoms. The lowest BCUT2D eigenvalue weighted by atomic mass is 9.67. The van der Waals surface area contributed by atoms with E-state index in [1.165, 1.54) is 54.6 Å². The fraction of sp³-hybridized carbons (Fsp3) is 0.182. The van der Waals surface area contributed by atoms with E-state index in [0.717, 1.165) is 0 Å². The van der Waals surface area contributed by atoms with Crippen LogP contribution in [0.5, 0.6) is 28.7 Å². The number of rotatable bonds is 9. The molecule has 3 rings (SSSR count). The highest BCUT2D eigenvalue weighted by atomic mass is 31.2. The molecule has 0 heterocycles. The maximum Gasteiger partial charge on any atom is 0.524 e. The van der Waals surface area contributed by atoms with E-state index >= 15 is 0 Å². The first-order valence-electron chi connectivity index (χ1n) is 10.2. The van der Waals surface area contributed by atoms with Gasteiger partial charge in [-0.15, -0.1) is 0 Å². The average Bonchev–Trinajstić information content (AvgIpc) is 2.72. The fourth-order valence-corrected chi connectivity index (χ4v) is 4.93. The van der Waals surface area contributed by atoms with Crippen molar-refractivity contribution in [1.29, 1.82) is 0 Å². The molecule has 0 aliphatic rings. The molecule has 0 aliphatic carbocycles. The van der Waals surface area contributed by atoms with Gasteiger partial charge in [0.05, 0.1) is 0 Å². The molecule has 0 saturated heterocycles. The van der Waals surface area contributed by atoms with E-state index in [4.69, 9.17) is 9.05 Å². The molecular weight excluding hydrogens is 502 g/mol. The molecule has 0 fully saturated rings. The summed E-state index contributed by atoms with van der Waals surface area (Å²) in [6.45, 7) is 1.68. The first kappa shape index (κ1) is 26.6. The van der Waals surface area contributed by atoms with Crippen molar-refractivity contribution in [2.24, 2.45) is 0 Å². The monoisotopic (exact) mass is 526 g/mol. The Hall–Kier alpha value is -3.04. The second-order valence-corrected chi connectivity index (χ2v) is 10.1. The van der Waals surface area contributed by atoms with Gasteiger partial charge < -0.3 is 24.4 Å². The predicted octanol–water partition coefficient (Wildman–Crippen LogP) is 3.69. The number of phosphoric ester groups is 2. The zero-order valence-electron chi connectivity index (χ0n) is 18.3. The van der Waals surface area contributed by atoms with Crippen LogP contribution in [0.4, 0.5) is 0 Å². The summed E-state index contributed by atoms with van der Waals surface area (Å²) in [4.78, 5) is 37.6. The minimum Gasteiger partial charge on any atom is -0.508 e. The highest BCUT2D eigenvalue weighted by molar-refractivity contribution is 7.47. The average molecular weight is 526 g/mol. The molecule has 1 atom stereocenters. The van der Waals surface area contributed by atoms with Gasteiger partial charge in [-0.3, -0.25) is 19.6 Å². The molecule has 188 valence electrons. The molecule has 0 radical (unpaired) electrons. The Kier molecular flexibility index (Phi) is 7.52. The minimum atomic E-state index is -5.08. The summed E-state index contributed by atoms with van der Waals surface area (Å²) in [6, 6.07) is 13.5. The Morgan fingerprint density at radius 2 is 1.31 bits per heavy atom. The number of aromatic hydroxyl groups is 3. The maximum absolute atomic E-state index is 11.7. The van der Waals surface area contributed by atoms with Gasteiger partial charge in [-0.2, -0.15) is 0 Å². The van der Waals surface area contributed by atoms with Crippen molar-refractivity contribution in [1.82, 2.24) is 0 Å². The van der Waals surface area contributed by atoms with Crippen LogP contribution in [0.25, 0.3) is 0 Å². The van der Waals surface area contributed by atoms with Crippen LogP contribution in [-0.4, -0.2) is 34.9 Å². The highest BCUT2D eigenvalue weighted by Gasteiger charge is 2.41. The lowest BCUT2D eigenvalue weighted by Gasteiger charge is -2.36. The molecule has 35 heavy (non-hydrogen) atoms. The van der Waals surface area contributed by atoms with Gasteiger partial charge in [0, 0.05) is 16.5 Å². The maximum atomic E-state index is 11.7. The number of hydrogen-bond donors (Lipinski definition) is 7. The molecule has 13 heteroatoms. The van der Waals surface area contributed by atoms with Crippen LogP contribution in [0.1, 0.15) is 30.0 Å². The summed E-state index contributed by atoms with van der Waals surface area (Å²) >= 11 is 0. The third-order valence-corrected chi connectivity index (χ3v) is 6.38. The standard InChI is InChI=1S/C22H24O11P2/c1-2-22(14-6-3-7-15(23)12-14,21-18(25)9-5-11-20(21)33-35(29,30)31)13-16-17(24)8-4-10-19(16)32-34(26,27)28/h3-12,23-25H,2,13H2,1H3,(H2,26,27,28)(H2,29,30,31). The Labute approximate surface area is 200 Å². The second-order valence-electron chi connectivity index (χ2n) is 7.73. The Morgan fingerprint density at radius 1 is 0.771 bits per heavy atom. The lowest BCUT2D eigenvalue weighted by molar-refractivity contribution is 0.275. The van der Waals surface area contributed by atoms with Gasteiger partial charge in [-0.05, 0) is 54.8 Å². The first-order chi connectivity index (χ1) is 16.3. The molecule has 3 aromatic rings. The largest absolute Gasteiger partial charge is 0.524 e. The lowest BCUT2D eigenvalue weighted by Crippen LogP contribution is -2.31. The molecule has 0 aromatic heterocycles. The van der Waals surface area contributed by atoms with Gasteiger partial charge in [-0.25, -0.2) is 9.13 Å². The quantitative estimate of drug-likeness (QED) is 0.201. The molecule has 0 aliphatic heterocycles. The first-order valence-corrected chi connectivity index (χ1v) is 13.2. The third kappa shape index (κ3) is 6.15. The Balaban J connectivity index is 2.37. The molecule has 0 amide bonds. The highest BCUT2D eigenvalue weighted by Crippen LogP contribution is 2.53. The normalized spacial score (nSPS) is 13.7. The zero-order valence-corrected chi connectivity index (χ0v) is 20.1. The fourth-order valence-electron chi connectivity index (χ4n) is 4.10. The van der Waals surface area contributed by atoms with Crippen LogP contribution in [-0.2, 0) is 21.0 Å². The molecular formula is C22H24O11P2. The van der Waals surface area contributed by atoms with Gasteiger partial charge in [0.2, 0.25) is 0 Å². The Morgan fingerprint density at radius 3 is 1.89 bits per heavy atom. The van der Waals surface area contributed by atoms with Crippen LogP contribution < -0.4 is 9.05 Å². The second kappa shape index (κ2) is 9.91. The molecule has 0 saturated carbocycles. The van der Waals surface area contributed by atoms with Crippen LogP contribution in [0, 0.1) is 0 Å². The smallest absolute Gasteiger partial charge is 0.508 e. The van der Waals surface area contributed by atoms with E-state index in [9.17, 15) is 44.0 Å². The van der Waals surface area contributed by atoms with E-state index in [-0.39, 0.29) is 47.0 Å². The van der Waals surface area contributed by atoms with E-state index in [0.29, 0.717) is 5.56 Å². The third-order valence-electron chi connectivity index (χ3n) is 5.51. The van der Waals surface area contributed by atoms with Crippen LogP contribution >= 0.6 is 15.6 Å². The zero-order chi connectivity index (χ0) is 26.0. The van der Waals surface area contributed by atoms with Crippen molar-refractivity contribution < 1.29 is 53.1 Å². The molecule has 3 aromatic carbocycles. The van der Waals surface area contributed by atoms with Gasteiger partial charge in [-0.1, -0.05) is 31.2 Å². The number of phenolic OH excluding ortho intramolecular Hbond substituents is 3. The van der Waals surface area contributed by atoms with Crippen molar-refractivity contribution >= 4 is 15.6 Å².